The molecule has 0 aromatic heterocycles. The van der Waals surface area contributed by atoms with Crippen molar-refractivity contribution in [3.63, 3.8) is 0 Å². The van der Waals surface area contributed by atoms with Crippen LogP contribution < -0.4 is 9.47 Å². The molecule has 3 heteroatoms. The number of benzene rings is 6. The Morgan fingerprint density at radius 1 is 0.429 bits per heavy atom. The van der Waals surface area contributed by atoms with E-state index in [-0.39, 0.29) is 11.8 Å². The summed E-state index contributed by atoms with van der Waals surface area (Å²) in [4.78, 5) is 0. The fraction of sp³-hybridized carbons (Fsp3) is 0.170. The monoisotopic (exact) mass is 741 g/mol. The average Bonchev–Trinajstić information content (AvgIpc) is 3.55. The predicted molar refractivity (Wildman–Crippen MR) is 239 cm³/mol. The van der Waals surface area contributed by atoms with Crippen molar-refractivity contribution >= 4 is 51.9 Å². The first-order chi connectivity index (χ1) is 27.5. The Kier molecular flexibility index (Phi) is 8.45. The highest BCUT2D eigenvalue weighted by Gasteiger charge is 2.41. The highest BCUT2D eigenvalue weighted by Crippen LogP contribution is 2.56. The summed E-state index contributed by atoms with van der Waals surface area (Å²) < 4.78 is 12.2. The van der Waals surface area contributed by atoms with Crippen molar-refractivity contribution in [1.29, 1.82) is 0 Å². The fourth-order valence-electron chi connectivity index (χ4n) is 10.7. The van der Waals surface area contributed by atoms with Gasteiger partial charge >= 0.3 is 0 Å². The molecule has 6 aromatic carbocycles. The first-order valence-corrected chi connectivity index (χ1v) is 22.0. The number of rotatable bonds is 6. The second kappa shape index (κ2) is 13.7. The van der Waals surface area contributed by atoms with Crippen LogP contribution in [0.5, 0.6) is 11.5 Å². The van der Waals surface area contributed by atoms with Gasteiger partial charge < -0.3 is 9.47 Å². The molecule has 10 rings (SSSR count). The minimum Gasteiger partial charge on any atom is -0.495 e. The summed E-state index contributed by atoms with van der Waals surface area (Å²) in [6.45, 7) is 7.37. The Hall–Kier alpha value is -5.90. The third-order valence-electron chi connectivity index (χ3n) is 12.8. The minimum atomic E-state index is -1.06. The highest BCUT2D eigenvalue weighted by atomic mass is 28.3. The van der Waals surface area contributed by atoms with E-state index in [4.69, 9.17) is 9.47 Å². The molecule has 2 nitrogen and oxygen atoms in total. The molecule has 0 saturated carbocycles. The Labute approximate surface area is 331 Å². The highest BCUT2D eigenvalue weighted by molar-refractivity contribution is 6.64. The van der Waals surface area contributed by atoms with Crippen molar-refractivity contribution in [1.82, 2.24) is 0 Å². The number of allylic oxidation sites excluding steroid dienone is 16. The van der Waals surface area contributed by atoms with E-state index >= 15 is 0 Å². The molecular weight excluding hydrogens is 697 g/mol. The third-order valence-corrected chi connectivity index (χ3v) is 16.2. The maximum Gasteiger partial charge on any atom is 0.134 e. The van der Waals surface area contributed by atoms with Crippen molar-refractivity contribution in [3.05, 3.63) is 202 Å². The van der Waals surface area contributed by atoms with E-state index in [9.17, 15) is 0 Å². The number of hydrogen-bond acceptors (Lipinski definition) is 2. The van der Waals surface area contributed by atoms with Crippen LogP contribution in [0.15, 0.2) is 191 Å². The summed E-state index contributed by atoms with van der Waals surface area (Å²) in [7, 11) is 2.53. The van der Waals surface area contributed by atoms with Gasteiger partial charge in [-0.3, -0.25) is 0 Å². The normalized spacial score (nSPS) is 21.6. The minimum absolute atomic E-state index is 0.119. The molecule has 6 aromatic rings. The number of hydrogen-bond donors (Lipinski definition) is 0. The van der Waals surface area contributed by atoms with E-state index in [0.717, 1.165) is 11.5 Å². The van der Waals surface area contributed by atoms with Crippen LogP contribution in [0.25, 0.3) is 43.1 Å². The molecule has 1 radical (unpaired) electrons. The molecule has 273 valence electrons. The van der Waals surface area contributed by atoms with Gasteiger partial charge in [-0.25, -0.2) is 0 Å². The van der Waals surface area contributed by atoms with E-state index in [0.29, 0.717) is 11.1 Å². The molecule has 4 atom stereocenters. The van der Waals surface area contributed by atoms with Crippen LogP contribution in [0.2, 0.25) is 17.6 Å². The SMILES string of the molecule is COc1c2ccccc2c(C2C=CC=CC3=C2C=C(C)C3[Si](C)C2C(C)=CC3=C2C=CC=CC3c2c3ccccc3c(OC)c3ccccc23)c2ccccc12. The van der Waals surface area contributed by atoms with E-state index in [2.05, 4.69) is 178 Å². The summed E-state index contributed by atoms with van der Waals surface area (Å²) in [5, 5.41) is 9.69. The lowest BCUT2D eigenvalue weighted by Crippen LogP contribution is -2.26. The van der Waals surface area contributed by atoms with Crippen LogP contribution in [0.3, 0.4) is 0 Å². The largest absolute Gasteiger partial charge is 0.495 e. The molecule has 0 heterocycles. The number of ether oxygens (including phenoxy) is 2. The van der Waals surface area contributed by atoms with Crippen molar-refractivity contribution in [2.45, 2.75) is 43.3 Å². The Bertz CT molecular complexity index is 2580. The van der Waals surface area contributed by atoms with Crippen LogP contribution in [0, 0.1) is 0 Å². The molecule has 0 spiro atoms. The van der Waals surface area contributed by atoms with E-state index in [1.165, 1.54) is 87.7 Å². The predicted octanol–water partition coefficient (Wildman–Crippen LogP) is 13.8. The van der Waals surface area contributed by atoms with Gasteiger partial charge in [0.1, 0.15) is 11.5 Å². The zero-order valence-electron chi connectivity index (χ0n) is 32.6. The van der Waals surface area contributed by atoms with Gasteiger partial charge in [0.2, 0.25) is 0 Å². The van der Waals surface area contributed by atoms with Crippen molar-refractivity contribution in [2.24, 2.45) is 0 Å². The summed E-state index contributed by atoms with van der Waals surface area (Å²) >= 11 is 0. The Balaban J connectivity index is 1.11. The summed E-state index contributed by atoms with van der Waals surface area (Å²) in [6, 6.07) is 35.1. The summed E-state index contributed by atoms with van der Waals surface area (Å²) in [5.74, 6) is 2.14. The molecular formula is C53H45O2Si. The van der Waals surface area contributed by atoms with Gasteiger partial charge in [-0.2, -0.15) is 0 Å². The zero-order valence-corrected chi connectivity index (χ0v) is 33.6. The first kappa shape index (κ1) is 34.6. The average molecular weight is 742 g/mol. The molecule has 4 aliphatic rings. The molecule has 56 heavy (non-hydrogen) atoms. The van der Waals surface area contributed by atoms with Crippen LogP contribution in [-0.4, -0.2) is 23.0 Å². The quantitative estimate of drug-likeness (QED) is 0.125. The van der Waals surface area contributed by atoms with Gasteiger partial charge in [-0.15, -0.1) is 0 Å². The fourth-order valence-corrected chi connectivity index (χ4v) is 14.1. The summed E-state index contributed by atoms with van der Waals surface area (Å²) in [5.41, 5.74) is 12.3. The summed E-state index contributed by atoms with van der Waals surface area (Å²) in [6.07, 6.45) is 23.9. The number of methoxy groups -OCH3 is 2. The van der Waals surface area contributed by atoms with E-state index in [1.807, 2.05) is 0 Å². The van der Waals surface area contributed by atoms with Gasteiger partial charge in [0.25, 0.3) is 0 Å². The lowest BCUT2D eigenvalue weighted by atomic mass is 9.83. The lowest BCUT2D eigenvalue weighted by Gasteiger charge is -2.30. The first-order valence-electron chi connectivity index (χ1n) is 19.8. The van der Waals surface area contributed by atoms with Crippen LogP contribution in [0.1, 0.15) is 36.8 Å². The second-order valence-corrected chi connectivity index (χ2v) is 18.4. The molecule has 0 aliphatic heterocycles. The Morgan fingerprint density at radius 3 is 1.07 bits per heavy atom. The van der Waals surface area contributed by atoms with E-state index in [1.54, 1.807) is 14.2 Å². The maximum atomic E-state index is 6.09. The topological polar surface area (TPSA) is 18.5 Å². The van der Waals surface area contributed by atoms with Crippen LogP contribution in [-0.2, 0) is 0 Å². The van der Waals surface area contributed by atoms with Gasteiger partial charge in [0.05, 0.1) is 23.0 Å². The second-order valence-electron chi connectivity index (χ2n) is 15.7. The van der Waals surface area contributed by atoms with Gasteiger partial charge in [0, 0.05) is 33.4 Å². The molecule has 0 N–H and O–H groups in total. The molecule has 0 amide bonds. The standard InChI is InChI=1S/C53H45O2Si/c1-32-30-46-38(48-34-18-6-12-24-40(34)50(54-3)41-25-13-7-19-35(41)48)22-10-16-28-44(46)52(32)56(5)53-33(2)31-47-39(23-11-17-29-45(47)53)49-36-20-8-14-26-42(36)51(55-4)43-27-15-9-21-37(43)49/h6-31,38-39,52-53H,1-5H3. The molecule has 4 aliphatic carbocycles. The third kappa shape index (κ3) is 5.14. The molecule has 0 bridgehead atoms. The van der Waals surface area contributed by atoms with Gasteiger partial charge in [-0.1, -0.05) is 176 Å². The van der Waals surface area contributed by atoms with Crippen molar-refractivity contribution < 1.29 is 9.47 Å². The number of fused-ring (bicyclic) bond motifs is 4. The smallest absolute Gasteiger partial charge is 0.134 e. The molecule has 4 unspecified atom stereocenters. The van der Waals surface area contributed by atoms with E-state index < -0.39 is 8.80 Å². The maximum absolute atomic E-state index is 6.09. The molecule has 0 fully saturated rings. The lowest BCUT2D eigenvalue weighted by molar-refractivity contribution is 0.424. The van der Waals surface area contributed by atoms with Crippen molar-refractivity contribution in [3.8, 4) is 11.5 Å². The zero-order chi connectivity index (χ0) is 38.1. The van der Waals surface area contributed by atoms with Gasteiger partial charge in [0.15, 0.2) is 0 Å². The molecule has 0 saturated heterocycles. The van der Waals surface area contributed by atoms with Crippen molar-refractivity contribution in [2.75, 3.05) is 14.2 Å². The Morgan fingerprint density at radius 2 is 0.750 bits per heavy atom. The van der Waals surface area contributed by atoms with Crippen LogP contribution >= 0.6 is 0 Å². The van der Waals surface area contributed by atoms with Gasteiger partial charge in [-0.05, 0) is 79.9 Å². The van der Waals surface area contributed by atoms with Crippen LogP contribution in [0.4, 0.5) is 0 Å².